The second-order valence-corrected chi connectivity index (χ2v) is 5.15. The van der Waals surface area contributed by atoms with Gasteiger partial charge in [-0.25, -0.2) is 15.0 Å². The molecular weight excluding hydrogens is 333 g/mol. The van der Waals surface area contributed by atoms with Crippen LogP contribution in [0.5, 0.6) is 0 Å². The second-order valence-electron chi connectivity index (χ2n) is 5.15. The predicted molar refractivity (Wildman–Crippen MR) is 83.1 cm³/mol. The number of aromatic nitrogens is 6. The van der Waals surface area contributed by atoms with Gasteiger partial charge >= 0.3 is 6.18 Å². The molecule has 0 bridgehead atoms. The molecule has 0 aliphatic carbocycles. The molecule has 1 aromatic carbocycles. The molecule has 0 saturated heterocycles. The van der Waals surface area contributed by atoms with Gasteiger partial charge < -0.3 is 4.98 Å². The normalized spacial score (nSPS) is 11.8. The van der Waals surface area contributed by atoms with Gasteiger partial charge in [0.1, 0.15) is 0 Å². The van der Waals surface area contributed by atoms with Gasteiger partial charge in [0, 0.05) is 24.2 Å². The zero-order valence-corrected chi connectivity index (χ0v) is 12.5. The van der Waals surface area contributed by atoms with E-state index >= 15 is 0 Å². The van der Waals surface area contributed by atoms with Gasteiger partial charge in [-0.2, -0.15) is 13.2 Å². The van der Waals surface area contributed by atoms with E-state index in [-0.39, 0.29) is 5.69 Å². The topological polar surface area (TPSA) is 80.2 Å². The van der Waals surface area contributed by atoms with Gasteiger partial charge in [-0.05, 0) is 18.2 Å². The summed E-state index contributed by atoms with van der Waals surface area (Å²) in [5.74, 6) is -1.20. The molecule has 3 heterocycles. The van der Waals surface area contributed by atoms with Crippen LogP contribution in [0.3, 0.4) is 0 Å². The summed E-state index contributed by atoms with van der Waals surface area (Å²) in [7, 11) is 0. The molecule has 0 saturated carbocycles. The van der Waals surface area contributed by atoms with Crippen molar-refractivity contribution < 1.29 is 13.2 Å². The lowest BCUT2D eigenvalue weighted by Crippen LogP contribution is -2.11. The van der Waals surface area contributed by atoms with Gasteiger partial charge in [-0.15, -0.1) is 0 Å². The Morgan fingerprint density at radius 1 is 0.840 bits per heavy atom. The van der Waals surface area contributed by atoms with Crippen molar-refractivity contribution in [3.63, 3.8) is 0 Å². The van der Waals surface area contributed by atoms with E-state index in [0.717, 1.165) is 6.20 Å². The minimum absolute atomic E-state index is 0.106. The lowest BCUT2D eigenvalue weighted by molar-refractivity contribution is -0.144. The Morgan fingerprint density at radius 3 is 2.44 bits per heavy atom. The number of H-pyrrole nitrogens is 1. The quantitative estimate of drug-likeness (QED) is 0.603. The third kappa shape index (κ3) is 2.80. The highest BCUT2D eigenvalue weighted by Gasteiger charge is 2.35. The van der Waals surface area contributed by atoms with Crippen molar-refractivity contribution in [3.05, 3.63) is 55.0 Å². The average molecular weight is 342 g/mol. The zero-order chi connectivity index (χ0) is 17.4. The first-order valence-corrected chi connectivity index (χ1v) is 7.17. The van der Waals surface area contributed by atoms with E-state index < -0.39 is 12.0 Å². The van der Waals surface area contributed by atoms with Gasteiger partial charge in [0.05, 0.1) is 34.4 Å². The molecule has 0 spiro atoms. The number of nitrogens with one attached hydrogen (secondary N) is 1. The summed E-state index contributed by atoms with van der Waals surface area (Å²) in [5.41, 5.74) is 3.01. The highest BCUT2D eigenvalue weighted by molar-refractivity contribution is 5.84. The highest BCUT2D eigenvalue weighted by atomic mass is 19.4. The number of imidazole rings is 1. The van der Waals surface area contributed by atoms with Crippen LogP contribution >= 0.6 is 0 Å². The minimum Gasteiger partial charge on any atom is -0.343 e. The van der Waals surface area contributed by atoms with Gasteiger partial charge in [-0.1, -0.05) is 6.07 Å². The number of hydrogen-bond acceptors (Lipinski definition) is 5. The Morgan fingerprint density at radius 2 is 1.64 bits per heavy atom. The lowest BCUT2D eigenvalue weighted by Gasteiger charge is -2.07. The standard InChI is InChI=1S/C16H9F3N6/c17-16(18,19)15-22-4-3-11(25-15)14-13(23-8-24-14)9-1-2-10-12(7-9)21-6-5-20-10/h1-8H,(H,23,24). The van der Waals surface area contributed by atoms with Gasteiger partial charge in [0.2, 0.25) is 5.82 Å². The predicted octanol–water partition coefficient (Wildman–Crippen LogP) is 3.50. The van der Waals surface area contributed by atoms with Crippen LogP contribution in [0.4, 0.5) is 13.2 Å². The maximum atomic E-state index is 12.8. The van der Waals surface area contributed by atoms with Gasteiger partial charge in [-0.3, -0.25) is 9.97 Å². The van der Waals surface area contributed by atoms with E-state index in [4.69, 9.17) is 0 Å². The average Bonchev–Trinajstić information content (AvgIpc) is 3.10. The Balaban J connectivity index is 1.83. The van der Waals surface area contributed by atoms with Crippen LogP contribution < -0.4 is 0 Å². The Labute approximate surface area is 138 Å². The lowest BCUT2D eigenvalue weighted by atomic mass is 10.1. The number of alkyl halides is 3. The molecule has 0 aliphatic rings. The maximum Gasteiger partial charge on any atom is 0.451 e. The molecule has 0 radical (unpaired) electrons. The SMILES string of the molecule is FC(F)(F)c1nccc(-c2[nH]cnc2-c2ccc3nccnc3c2)n1. The summed E-state index contributed by atoms with van der Waals surface area (Å²) in [6.45, 7) is 0. The van der Waals surface area contributed by atoms with Crippen LogP contribution in [0, 0.1) is 0 Å². The summed E-state index contributed by atoms with van der Waals surface area (Å²) < 4.78 is 38.5. The molecular formula is C16H9F3N6. The van der Waals surface area contributed by atoms with Crippen molar-refractivity contribution >= 4 is 11.0 Å². The number of rotatable bonds is 2. The highest BCUT2D eigenvalue weighted by Crippen LogP contribution is 2.31. The molecule has 124 valence electrons. The Kier molecular flexibility index (Phi) is 3.41. The van der Waals surface area contributed by atoms with Crippen LogP contribution in [0.2, 0.25) is 0 Å². The van der Waals surface area contributed by atoms with E-state index in [0.29, 0.717) is 28.0 Å². The molecule has 0 fully saturated rings. The monoisotopic (exact) mass is 342 g/mol. The molecule has 0 aliphatic heterocycles. The molecule has 25 heavy (non-hydrogen) atoms. The van der Waals surface area contributed by atoms with Gasteiger partial charge in [0.15, 0.2) is 0 Å². The van der Waals surface area contributed by atoms with E-state index in [1.165, 1.54) is 12.4 Å². The smallest absolute Gasteiger partial charge is 0.343 e. The first-order valence-electron chi connectivity index (χ1n) is 7.17. The molecule has 0 unspecified atom stereocenters. The number of halogens is 3. The molecule has 4 aromatic rings. The van der Waals surface area contributed by atoms with E-state index in [1.54, 1.807) is 30.6 Å². The van der Waals surface area contributed by atoms with E-state index in [1.807, 2.05) is 0 Å². The maximum absolute atomic E-state index is 12.8. The van der Waals surface area contributed by atoms with Crippen molar-refractivity contribution in [3.8, 4) is 22.6 Å². The summed E-state index contributed by atoms with van der Waals surface area (Å²) in [4.78, 5) is 22.3. The van der Waals surface area contributed by atoms with Crippen molar-refractivity contribution in [2.75, 3.05) is 0 Å². The number of hydrogen-bond donors (Lipinski definition) is 1. The van der Waals surface area contributed by atoms with Crippen LogP contribution in [0.15, 0.2) is 49.2 Å². The number of aromatic amines is 1. The fourth-order valence-corrected chi connectivity index (χ4v) is 2.45. The van der Waals surface area contributed by atoms with Gasteiger partial charge in [0.25, 0.3) is 0 Å². The molecule has 3 aromatic heterocycles. The number of fused-ring (bicyclic) bond motifs is 1. The second kappa shape index (κ2) is 5.62. The molecule has 1 N–H and O–H groups in total. The molecule has 9 heteroatoms. The Bertz CT molecular complexity index is 1060. The minimum atomic E-state index is -4.62. The summed E-state index contributed by atoms with van der Waals surface area (Å²) in [5, 5.41) is 0. The fraction of sp³-hybridized carbons (Fsp3) is 0.0625. The van der Waals surface area contributed by atoms with Crippen LogP contribution in [0.25, 0.3) is 33.7 Å². The fourth-order valence-electron chi connectivity index (χ4n) is 2.45. The van der Waals surface area contributed by atoms with Crippen molar-refractivity contribution in [1.82, 2.24) is 29.9 Å². The van der Waals surface area contributed by atoms with Crippen LogP contribution in [-0.4, -0.2) is 29.9 Å². The largest absolute Gasteiger partial charge is 0.451 e. The van der Waals surface area contributed by atoms with Crippen LogP contribution in [0.1, 0.15) is 5.82 Å². The van der Waals surface area contributed by atoms with Crippen molar-refractivity contribution in [1.29, 1.82) is 0 Å². The third-order valence-electron chi connectivity index (χ3n) is 3.55. The zero-order valence-electron chi connectivity index (χ0n) is 12.5. The molecule has 0 amide bonds. The first-order chi connectivity index (χ1) is 12.0. The summed E-state index contributed by atoms with van der Waals surface area (Å²) in [6.07, 6.45) is 1.01. The summed E-state index contributed by atoms with van der Waals surface area (Å²) in [6, 6.07) is 6.72. The molecule has 0 atom stereocenters. The number of benzene rings is 1. The first kappa shape index (κ1) is 15.2. The summed E-state index contributed by atoms with van der Waals surface area (Å²) >= 11 is 0. The van der Waals surface area contributed by atoms with Crippen LogP contribution in [-0.2, 0) is 6.18 Å². The number of nitrogens with zero attached hydrogens (tertiary/aromatic N) is 5. The van der Waals surface area contributed by atoms with E-state index in [2.05, 4.69) is 29.9 Å². The van der Waals surface area contributed by atoms with Crippen molar-refractivity contribution in [2.45, 2.75) is 6.18 Å². The Hall–Kier alpha value is -3.36. The van der Waals surface area contributed by atoms with E-state index in [9.17, 15) is 13.2 Å². The van der Waals surface area contributed by atoms with Crippen molar-refractivity contribution in [2.24, 2.45) is 0 Å². The molecule has 6 nitrogen and oxygen atoms in total. The molecule has 4 rings (SSSR count). The third-order valence-corrected chi connectivity index (χ3v) is 3.55.